The molecule has 0 aliphatic carbocycles. The third-order valence-corrected chi connectivity index (χ3v) is 2.12. The Morgan fingerprint density at radius 1 is 1.67 bits per heavy atom. The van der Waals surface area contributed by atoms with Crippen LogP contribution in [0.4, 0.5) is 5.69 Å². The Hall–Kier alpha value is -0.990. The van der Waals surface area contributed by atoms with Crippen LogP contribution in [-0.4, -0.2) is 16.8 Å². The van der Waals surface area contributed by atoms with E-state index in [1.165, 1.54) is 6.42 Å². The molecule has 12 heavy (non-hydrogen) atoms. The highest BCUT2D eigenvalue weighted by molar-refractivity contribution is 5.36. The molecule has 0 bridgehead atoms. The lowest BCUT2D eigenvalue weighted by molar-refractivity contribution is 0.439. The lowest BCUT2D eigenvalue weighted by atomic mass is 10.1. The molecule has 1 rings (SSSR count). The predicted octanol–water partition coefficient (Wildman–Crippen LogP) is 1.97. The van der Waals surface area contributed by atoms with E-state index in [-0.39, 0.29) is 0 Å². The van der Waals surface area contributed by atoms with Crippen LogP contribution in [-0.2, 0) is 6.54 Å². The lowest BCUT2D eigenvalue weighted by Crippen LogP contribution is -2.06. The minimum absolute atomic E-state index is 0.703. The molecule has 0 saturated heterocycles. The summed E-state index contributed by atoms with van der Waals surface area (Å²) in [6.45, 7) is 5.45. The fraction of sp³-hybridized carbons (Fsp3) is 0.667. The summed E-state index contributed by atoms with van der Waals surface area (Å²) < 4.78 is 1.99. The quantitative estimate of drug-likeness (QED) is 0.743. The molecule has 0 amide bonds. The maximum absolute atomic E-state index is 4.23. The topological polar surface area (TPSA) is 29.9 Å². The van der Waals surface area contributed by atoms with Crippen LogP contribution >= 0.6 is 0 Å². The third-order valence-electron chi connectivity index (χ3n) is 2.12. The molecule has 0 saturated carbocycles. The van der Waals surface area contributed by atoms with Crippen LogP contribution in [0.5, 0.6) is 0 Å². The highest BCUT2D eigenvalue weighted by Crippen LogP contribution is 2.07. The van der Waals surface area contributed by atoms with Crippen molar-refractivity contribution in [1.29, 1.82) is 0 Å². The fourth-order valence-electron chi connectivity index (χ4n) is 1.04. The SMILES string of the molecule is CC[C@H](C)Cn1cc(NC)cn1. The van der Waals surface area contributed by atoms with Crippen LogP contribution in [0.25, 0.3) is 0 Å². The van der Waals surface area contributed by atoms with Gasteiger partial charge in [0.05, 0.1) is 11.9 Å². The molecule has 1 heterocycles. The summed E-state index contributed by atoms with van der Waals surface area (Å²) in [4.78, 5) is 0. The monoisotopic (exact) mass is 167 g/mol. The molecule has 0 aliphatic rings. The maximum Gasteiger partial charge on any atom is 0.0723 e. The van der Waals surface area contributed by atoms with Crippen molar-refractivity contribution in [3.05, 3.63) is 12.4 Å². The van der Waals surface area contributed by atoms with Crippen molar-refractivity contribution in [1.82, 2.24) is 9.78 Å². The van der Waals surface area contributed by atoms with Crippen molar-refractivity contribution in [2.24, 2.45) is 5.92 Å². The first kappa shape index (κ1) is 9.10. The molecular weight excluding hydrogens is 150 g/mol. The van der Waals surface area contributed by atoms with Gasteiger partial charge in [-0.25, -0.2) is 0 Å². The van der Waals surface area contributed by atoms with Crippen molar-refractivity contribution >= 4 is 5.69 Å². The van der Waals surface area contributed by atoms with Crippen LogP contribution in [0.15, 0.2) is 12.4 Å². The maximum atomic E-state index is 4.23. The second-order valence-electron chi connectivity index (χ2n) is 3.21. The Kier molecular flexibility index (Phi) is 3.14. The second kappa shape index (κ2) is 4.14. The highest BCUT2D eigenvalue weighted by atomic mass is 15.3. The first-order chi connectivity index (χ1) is 5.76. The van der Waals surface area contributed by atoms with E-state index in [0.717, 1.165) is 12.2 Å². The van der Waals surface area contributed by atoms with Gasteiger partial charge in [-0.1, -0.05) is 20.3 Å². The van der Waals surface area contributed by atoms with E-state index in [9.17, 15) is 0 Å². The molecule has 0 unspecified atom stereocenters. The average molecular weight is 167 g/mol. The van der Waals surface area contributed by atoms with E-state index in [1.807, 2.05) is 24.1 Å². The zero-order valence-corrected chi connectivity index (χ0v) is 8.04. The smallest absolute Gasteiger partial charge is 0.0723 e. The zero-order valence-electron chi connectivity index (χ0n) is 8.04. The Morgan fingerprint density at radius 2 is 2.42 bits per heavy atom. The second-order valence-corrected chi connectivity index (χ2v) is 3.21. The van der Waals surface area contributed by atoms with E-state index < -0.39 is 0 Å². The number of hydrogen-bond acceptors (Lipinski definition) is 2. The molecule has 0 spiro atoms. The van der Waals surface area contributed by atoms with Crippen molar-refractivity contribution < 1.29 is 0 Å². The van der Waals surface area contributed by atoms with E-state index in [0.29, 0.717) is 5.92 Å². The van der Waals surface area contributed by atoms with Gasteiger partial charge in [0.25, 0.3) is 0 Å². The Morgan fingerprint density at radius 3 is 2.92 bits per heavy atom. The molecule has 1 atom stereocenters. The van der Waals surface area contributed by atoms with E-state index in [4.69, 9.17) is 0 Å². The minimum atomic E-state index is 0.703. The first-order valence-electron chi connectivity index (χ1n) is 4.46. The Balaban J connectivity index is 2.52. The van der Waals surface area contributed by atoms with Gasteiger partial charge in [-0.3, -0.25) is 4.68 Å². The predicted molar refractivity (Wildman–Crippen MR) is 51.2 cm³/mol. The lowest BCUT2D eigenvalue weighted by Gasteiger charge is -2.07. The molecule has 0 aromatic carbocycles. The van der Waals surface area contributed by atoms with Crippen LogP contribution in [0.3, 0.4) is 0 Å². The van der Waals surface area contributed by atoms with Gasteiger partial charge in [0.2, 0.25) is 0 Å². The van der Waals surface area contributed by atoms with Crippen LogP contribution < -0.4 is 5.32 Å². The average Bonchev–Trinajstić information content (AvgIpc) is 2.52. The van der Waals surface area contributed by atoms with Gasteiger partial charge in [-0.05, 0) is 5.92 Å². The third kappa shape index (κ3) is 2.26. The van der Waals surface area contributed by atoms with Gasteiger partial charge >= 0.3 is 0 Å². The van der Waals surface area contributed by atoms with E-state index >= 15 is 0 Å². The van der Waals surface area contributed by atoms with Crippen molar-refractivity contribution in [3.8, 4) is 0 Å². The molecule has 1 aromatic rings. The molecule has 1 N–H and O–H groups in total. The summed E-state index contributed by atoms with van der Waals surface area (Å²) in [6.07, 6.45) is 5.09. The highest BCUT2D eigenvalue weighted by Gasteiger charge is 2.01. The summed E-state index contributed by atoms with van der Waals surface area (Å²) in [6, 6.07) is 0. The zero-order chi connectivity index (χ0) is 8.97. The molecule has 1 aromatic heterocycles. The number of nitrogens with one attached hydrogen (secondary N) is 1. The van der Waals surface area contributed by atoms with Crippen LogP contribution in [0, 0.1) is 5.92 Å². The molecule has 0 fully saturated rings. The first-order valence-corrected chi connectivity index (χ1v) is 4.46. The molecule has 0 radical (unpaired) electrons. The summed E-state index contributed by atoms with van der Waals surface area (Å²) >= 11 is 0. The molecule has 68 valence electrons. The normalized spacial score (nSPS) is 12.9. The molecule has 3 nitrogen and oxygen atoms in total. The van der Waals surface area contributed by atoms with Gasteiger partial charge in [-0.2, -0.15) is 5.10 Å². The van der Waals surface area contributed by atoms with Gasteiger partial charge in [0, 0.05) is 19.8 Å². The number of anilines is 1. The van der Waals surface area contributed by atoms with Gasteiger partial charge in [0.15, 0.2) is 0 Å². The number of rotatable bonds is 4. The molecular formula is C9H17N3. The summed E-state index contributed by atoms with van der Waals surface area (Å²) in [5.41, 5.74) is 1.08. The number of nitrogens with zero attached hydrogens (tertiary/aromatic N) is 2. The Bertz CT molecular complexity index is 229. The van der Waals surface area contributed by atoms with Crippen LogP contribution in [0.2, 0.25) is 0 Å². The van der Waals surface area contributed by atoms with Crippen LogP contribution in [0.1, 0.15) is 20.3 Å². The van der Waals surface area contributed by atoms with Gasteiger partial charge in [-0.15, -0.1) is 0 Å². The Labute approximate surface area is 73.8 Å². The fourth-order valence-corrected chi connectivity index (χ4v) is 1.04. The molecule has 0 aliphatic heterocycles. The van der Waals surface area contributed by atoms with E-state index in [2.05, 4.69) is 24.3 Å². The molecule has 3 heteroatoms. The van der Waals surface area contributed by atoms with Gasteiger partial charge < -0.3 is 5.32 Å². The largest absolute Gasteiger partial charge is 0.386 e. The number of hydrogen-bond donors (Lipinski definition) is 1. The number of aromatic nitrogens is 2. The standard InChI is InChI=1S/C9H17N3/c1-4-8(2)6-12-7-9(10-3)5-11-12/h5,7-8,10H,4,6H2,1-3H3/t8-/m0/s1. The summed E-state index contributed by atoms with van der Waals surface area (Å²) in [5.74, 6) is 0.703. The van der Waals surface area contributed by atoms with Crippen molar-refractivity contribution in [2.45, 2.75) is 26.8 Å². The summed E-state index contributed by atoms with van der Waals surface area (Å²) in [7, 11) is 1.91. The van der Waals surface area contributed by atoms with Crippen molar-refractivity contribution in [3.63, 3.8) is 0 Å². The van der Waals surface area contributed by atoms with Gasteiger partial charge in [0.1, 0.15) is 0 Å². The minimum Gasteiger partial charge on any atom is -0.386 e. The van der Waals surface area contributed by atoms with Crippen molar-refractivity contribution in [2.75, 3.05) is 12.4 Å². The summed E-state index contributed by atoms with van der Waals surface area (Å²) in [5, 5.41) is 7.28. The van der Waals surface area contributed by atoms with E-state index in [1.54, 1.807) is 0 Å².